The van der Waals surface area contributed by atoms with Crippen molar-refractivity contribution in [3.63, 3.8) is 0 Å². The van der Waals surface area contributed by atoms with E-state index in [1.165, 1.54) is 16.7 Å². The Morgan fingerprint density at radius 3 is 2.33 bits per heavy atom. The van der Waals surface area contributed by atoms with Crippen LogP contribution in [-0.4, -0.2) is 11.8 Å². The maximum Gasteiger partial charge on any atom is 0.313 e. The molecule has 1 aliphatic carbocycles. The highest BCUT2D eigenvalue weighted by molar-refractivity contribution is 6.39. The van der Waals surface area contributed by atoms with Gasteiger partial charge >= 0.3 is 11.8 Å². The maximum atomic E-state index is 12.5. The van der Waals surface area contributed by atoms with Crippen molar-refractivity contribution >= 4 is 17.5 Å². The van der Waals surface area contributed by atoms with Crippen molar-refractivity contribution in [3.05, 3.63) is 64.7 Å². The lowest BCUT2D eigenvalue weighted by atomic mass is 9.95. The third kappa shape index (κ3) is 4.57. The summed E-state index contributed by atoms with van der Waals surface area (Å²) in [5.41, 5.74) is 5.56. The van der Waals surface area contributed by atoms with Crippen LogP contribution in [0.1, 0.15) is 55.5 Å². The fraction of sp³-hybridized carbons (Fsp3) is 0.391. The topological polar surface area (TPSA) is 58.2 Å². The van der Waals surface area contributed by atoms with Crippen LogP contribution in [0.25, 0.3) is 0 Å². The van der Waals surface area contributed by atoms with E-state index in [2.05, 4.69) is 29.7 Å². The van der Waals surface area contributed by atoms with Crippen molar-refractivity contribution in [3.8, 4) is 0 Å². The van der Waals surface area contributed by atoms with Crippen LogP contribution in [-0.2, 0) is 28.9 Å². The Morgan fingerprint density at radius 1 is 0.963 bits per heavy atom. The molecule has 1 unspecified atom stereocenters. The summed E-state index contributed by atoms with van der Waals surface area (Å²) < 4.78 is 0. The van der Waals surface area contributed by atoms with Crippen LogP contribution in [0.4, 0.5) is 5.69 Å². The number of nitrogens with one attached hydrogen (secondary N) is 2. The average Bonchev–Trinajstić information content (AvgIpc) is 3.13. The molecule has 4 nitrogen and oxygen atoms in total. The van der Waals surface area contributed by atoms with E-state index >= 15 is 0 Å². The zero-order valence-corrected chi connectivity index (χ0v) is 16.3. The molecular weight excluding hydrogens is 336 g/mol. The lowest BCUT2D eigenvalue weighted by Crippen LogP contribution is -2.39. The highest BCUT2D eigenvalue weighted by Crippen LogP contribution is 2.25. The summed E-state index contributed by atoms with van der Waals surface area (Å²) in [4.78, 5) is 24.8. The normalized spacial score (nSPS) is 13.9. The van der Waals surface area contributed by atoms with E-state index in [4.69, 9.17) is 0 Å². The van der Waals surface area contributed by atoms with Crippen LogP contribution in [0.2, 0.25) is 0 Å². The van der Waals surface area contributed by atoms with Crippen LogP contribution in [0, 0.1) is 5.92 Å². The summed E-state index contributed by atoms with van der Waals surface area (Å²) in [6.07, 6.45) is 4.26. The molecule has 0 bridgehead atoms. The Kier molecular flexibility index (Phi) is 5.94. The summed E-state index contributed by atoms with van der Waals surface area (Å²) in [5.74, 6) is -1.05. The van der Waals surface area contributed by atoms with Crippen molar-refractivity contribution < 1.29 is 9.59 Å². The second kappa shape index (κ2) is 8.38. The van der Waals surface area contributed by atoms with E-state index in [1.54, 1.807) is 0 Å². The molecule has 0 aliphatic heterocycles. The molecule has 2 aromatic carbocycles. The van der Waals surface area contributed by atoms with Gasteiger partial charge in [0.2, 0.25) is 0 Å². The summed E-state index contributed by atoms with van der Waals surface area (Å²) in [7, 11) is 0. The third-order valence-electron chi connectivity index (χ3n) is 5.26. The smallest absolute Gasteiger partial charge is 0.313 e. The van der Waals surface area contributed by atoms with E-state index in [9.17, 15) is 9.59 Å². The largest absolute Gasteiger partial charge is 0.341 e. The van der Waals surface area contributed by atoms with E-state index in [1.807, 2.05) is 44.2 Å². The monoisotopic (exact) mass is 364 g/mol. The summed E-state index contributed by atoms with van der Waals surface area (Å²) in [6, 6.07) is 13.9. The Balaban J connectivity index is 1.66. The van der Waals surface area contributed by atoms with Gasteiger partial charge in [0.05, 0.1) is 6.04 Å². The molecule has 2 amide bonds. The lowest BCUT2D eigenvalue weighted by Gasteiger charge is -2.23. The molecule has 4 heteroatoms. The number of fused-ring (bicyclic) bond motifs is 1. The average molecular weight is 364 g/mol. The molecule has 142 valence electrons. The molecule has 2 N–H and O–H groups in total. The molecule has 0 fully saturated rings. The van der Waals surface area contributed by atoms with Gasteiger partial charge in [-0.15, -0.1) is 0 Å². The van der Waals surface area contributed by atoms with Crippen molar-refractivity contribution in [2.45, 2.75) is 52.5 Å². The molecule has 3 rings (SSSR count). The Labute approximate surface area is 161 Å². The fourth-order valence-corrected chi connectivity index (χ4v) is 3.64. The third-order valence-corrected chi connectivity index (χ3v) is 5.26. The minimum Gasteiger partial charge on any atom is -0.341 e. The predicted molar refractivity (Wildman–Crippen MR) is 109 cm³/mol. The SMILES string of the molecule is CCc1ccc(C(NC(=O)C(=O)Nc2ccc3c(c2)CCC3)C(C)C)cc1. The van der Waals surface area contributed by atoms with Gasteiger partial charge in [0.1, 0.15) is 0 Å². The van der Waals surface area contributed by atoms with E-state index in [-0.39, 0.29) is 12.0 Å². The van der Waals surface area contributed by atoms with Crippen molar-refractivity contribution in [2.24, 2.45) is 5.92 Å². The van der Waals surface area contributed by atoms with Gasteiger partial charge in [0.25, 0.3) is 0 Å². The molecule has 0 saturated heterocycles. The molecule has 1 atom stereocenters. The van der Waals surface area contributed by atoms with Gasteiger partial charge in [-0.25, -0.2) is 0 Å². The van der Waals surface area contributed by atoms with Gasteiger partial charge in [-0.2, -0.15) is 0 Å². The number of carbonyl (C=O) groups excluding carboxylic acids is 2. The molecule has 27 heavy (non-hydrogen) atoms. The standard InChI is InChI=1S/C23H28N2O2/c1-4-16-8-10-18(11-9-16)21(15(2)3)25-23(27)22(26)24-20-13-12-17-6-5-7-19(17)14-20/h8-15,21H,4-7H2,1-3H3,(H,24,26)(H,25,27). The Hall–Kier alpha value is -2.62. The molecular formula is C23H28N2O2. The predicted octanol–water partition coefficient (Wildman–Crippen LogP) is 4.19. The number of carbonyl (C=O) groups is 2. The minimum absolute atomic E-state index is 0.175. The molecule has 0 radical (unpaired) electrons. The van der Waals surface area contributed by atoms with Gasteiger partial charge in [0, 0.05) is 5.69 Å². The van der Waals surface area contributed by atoms with Crippen molar-refractivity contribution in [2.75, 3.05) is 5.32 Å². The van der Waals surface area contributed by atoms with Crippen LogP contribution in [0.3, 0.4) is 0 Å². The Morgan fingerprint density at radius 2 is 1.67 bits per heavy atom. The number of hydrogen-bond donors (Lipinski definition) is 2. The number of hydrogen-bond acceptors (Lipinski definition) is 2. The number of rotatable bonds is 5. The van der Waals surface area contributed by atoms with Crippen molar-refractivity contribution in [1.29, 1.82) is 0 Å². The van der Waals surface area contributed by atoms with Gasteiger partial charge in [0.15, 0.2) is 0 Å². The second-order valence-electron chi connectivity index (χ2n) is 7.58. The second-order valence-corrected chi connectivity index (χ2v) is 7.58. The molecule has 0 heterocycles. The van der Waals surface area contributed by atoms with Crippen LogP contribution < -0.4 is 10.6 Å². The highest BCUT2D eigenvalue weighted by atomic mass is 16.2. The highest BCUT2D eigenvalue weighted by Gasteiger charge is 2.23. The van der Waals surface area contributed by atoms with Gasteiger partial charge in [-0.3, -0.25) is 9.59 Å². The van der Waals surface area contributed by atoms with Gasteiger partial charge in [-0.1, -0.05) is 51.1 Å². The lowest BCUT2D eigenvalue weighted by molar-refractivity contribution is -0.136. The number of anilines is 1. The summed E-state index contributed by atoms with van der Waals surface area (Å²) in [6.45, 7) is 6.19. The molecule has 2 aromatic rings. The first kappa shape index (κ1) is 19.2. The van der Waals surface area contributed by atoms with Crippen LogP contribution in [0.5, 0.6) is 0 Å². The minimum atomic E-state index is -0.622. The van der Waals surface area contributed by atoms with E-state index < -0.39 is 11.8 Å². The first-order valence-electron chi connectivity index (χ1n) is 9.80. The quantitative estimate of drug-likeness (QED) is 0.782. The zero-order chi connectivity index (χ0) is 19.4. The van der Waals surface area contributed by atoms with Crippen LogP contribution in [0.15, 0.2) is 42.5 Å². The number of benzene rings is 2. The number of aryl methyl sites for hydroxylation is 3. The van der Waals surface area contributed by atoms with Crippen LogP contribution >= 0.6 is 0 Å². The van der Waals surface area contributed by atoms with E-state index in [0.29, 0.717) is 5.69 Å². The molecule has 0 spiro atoms. The first-order chi connectivity index (χ1) is 13.0. The summed E-state index contributed by atoms with van der Waals surface area (Å²) in [5, 5.41) is 5.63. The van der Waals surface area contributed by atoms with Gasteiger partial charge in [-0.05, 0) is 66.0 Å². The first-order valence-corrected chi connectivity index (χ1v) is 9.80. The Bertz CT molecular complexity index is 825. The maximum absolute atomic E-state index is 12.5. The fourth-order valence-electron chi connectivity index (χ4n) is 3.64. The summed E-state index contributed by atoms with van der Waals surface area (Å²) >= 11 is 0. The molecule has 0 aromatic heterocycles. The van der Waals surface area contributed by atoms with Gasteiger partial charge < -0.3 is 10.6 Å². The zero-order valence-electron chi connectivity index (χ0n) is 16.3. The van der Waals surface area contributed by atoms with E-state index in [0.717, 1.165) is 31.2 Å². The van der Waals surface area contributed by atoms with Crippen molar-refractivity contribution in [1.82, 2.24) is 5.32 Å². The molecule has 1 aliphatic rings. The number of amides is 2. The molecule has 0 saturated carbocycles.